The summed E-state index contributed by atoms with van der Waals surface area (Å²) in [5.41, 5.74) is 0. The van der Waals surface area contributed by atoms with Gasteiger partial charge in [-0.25, -0.2) is 4.79 Å². The van der Waals surface area contributed by atoms with Crippen molar-refractivity contribution in [1.82, 2.24) is 15.5 Å². The number of nitrogens with one attached hydrogen (secondary N) is 2. The van der Waals surface area contributed by atoms with Gasteiger partial charge in [0.15, 0.2) is 0 Å². The number of hydrogen-bond donors (Lipinski definition) is 2. The Balaban J connectivity index is 1.80. The van der Waals surface area contributed by atoms with Crippen LogP contribution in [0.5, 0.6) is 0 Å². The number of rotatable bonds is 5. The first-order chi connectivity index (χ1) is 9.29. The van der Waals surface area contributed by atoms with E-state index < -0.39 is 0 Å². The van der Waals surface area contributed by atoms with Crippen LogP contribution in [-0.4, -0.2) is 42.6 Å². The molecule has 1 aliphatic heterocycles. The SMILES string of the molecule is CCCN(CC1CCCN1)C(=O)NC1CCCCC1. The molecular weight excluding hydrogens is 238 g/mol. The van der Waals surface area contributed by atoms with Crippen LogP contribution in [0.3, 0.4) is 0 Å². The van der Waals surface area contributed by atoms with Crippen molar-refractivity contribution in [2.45, 2.75) is 70.4 Å². The third kappa shape index (κ3) is 4.68. The lowest BCUT2D eigenvalue weighted by molar-refractivity contribution is 0.185. The van der Waals surface area contributed by atoms with E-state index in [1.54, 1.807) is 0 Å². The second-order valence-corrected chi connectivity index (χ2v) is 6.02. The van der Waals surface area contributed by atoms with Crippen molar-refractivity contribution in [2.24, 2.45) is 0 Å². The van der Waals surface area contributed by atoms with Crippen LogP contribution in [0.25, 0.3) is 0 Å². The molecule has 110 valence electrons. The number of amides is 2. The van der Waals surface area contributed by atoms with Gasteiger partial charge in [-0.15, -0.1) is 0 Å². The van der Waals surface area contributed by atoms with Crippen LogP contribution < -0.4 is 10.6 Å². The van der Waals surface area contributed by atoms with Gasteiger partial charge in [-0.05, 0) is 38.6 Å². The van der Waals surface area contributed by atoms with Gasteiger partial charge in [0.25, 0.3) is 0 Å². The normalized spacial score (nSPS) is 24.4. The number of nitrogens with zero attached hydrogens (tertiary/aromatic N) is 1. The zero-order valence-electron chi connectivity index (χ0n) is 12.3. The molecule has 2 rings (SSSR count). The van der Waals surface area contributed by atoms with Gasteiger partial charge >= 0.3 is 6.03 Å². The van der Waals surface area contributed by atoms with Crippen LogP contribution in [0.4, 0.5) is 4.79 Å². The Morgan fingerprint density at radius 2 is 2.00 bits per heavy atom. The lowest BCUT2D eigenvalue weighted by atomic mass is 9.96. The van der Waals surface area contributed by atoms with Gasteiger partial charge in [-0.1, -0.05) is 26.2 Å². The van der Waals surface area contributed by atoms with Crippen molar-refractivity contribution in [3.63, 3.8) is 0 Å². The van der Waals surface area contributed by atoms with E-state index in [2.05, 4.69) is 17.6 Å². The van der Waals surface area contributed by atoms with Crippen LogP contribution in [0, 0.1) is 0 Å². The van der Waals surface area contributed by atoms with Crippen molar-refractivity contribution in [1.29, 1.82) is 0 Å². The summed E-state index contributed by atoms with van der Waals surface area (Å²) in [6.45, 7) is 4.99. The van der Waals surface area contributed by atoms with Crippen LogP contribution in [0.2, 0.25) is 0 Å². The molecule has 0 radical (unpaired) electrons. The topological polar surface area (TPSA) is 44.4 Å². The zero-order chi connectivity index (χ0) is 13.5. The molecule has 1 aliphatic carbocycles. The Hall–Kier alpha value is -0.770. The van der Waals surface area contributed by atoms with Crippen LogP contribution in [0.15, 0.2) is 0 Å². The second-order valence-electron chi connectivity index (χ2n) is 6.02. The molecule has 0 bridgehead atoms. The molecule has 4 heteroatoms. The minimum Gasteiger partial charge on any atom is -0.335 e. The van der Waals surface area contributed by atoms with Gasteiger partial charge in [-0.3, -0.25) is 0 Å². The number of carbonyl (C=O) groups is 1. The maximum atomic E-state index is 12.4. The first-order valence-electron chi connectivity index (χ1n) is 8.08. The van der Waals surface area contributed by atoms with E-state index in [0.29, 0.717) is 12.1 Å². The van der Waals surface area contributed by atoms with Gasteiger partial charge in [0.05, 0.1) is 0 Å². The highest BCUT2D eigenvalue weighted by Gasteiger charge is 2.23. The van der Waals surface area contributed by atoms with Crippen molar-refractivity contribution in [3.05, 3.63) is 0 Å². The third-order valence-corrected chi connectivity index (χ3v) is 4.32. The number of carbonyl (C=O) groups excluding carboxylic acids is 1. The molecule has 2 amide bonds. The summed E-state index contributed by atoms with van der Waals surface area (Å²) in [7, 11) is 0. The molecule has 2 fully saturated rings. The molecule has 1 saturated heterocycles. The monoisotopic (exact) mass is 267 g/mol. The summed E-state index contributed by atoms with van der Waals surface area (Å²) >= 11 is 0. The predicted molar refractivity (Wildman–Crippen MR) is 78.3 cm³/mol. The smallest absolute Gasteiger partial charge is 0.317 e. The van der Waals surface area contributed by atoms with Crippen molar-refractivity contribution >= 4 is 6.03 Å². The fourth-order valence-electron chi connectivity index (χ4n) is 3.24. The molecule has 0 aromatic carbocycles. The van der Waals surface area contributed by atoms with E-state index in [-0.39, 0.29) is 6.03 Å². The first kappa shape index (κ1) is 14.6. The molecule has 1 unspecified atom stereocenters. The van der Waals surface area contributed by atoms with Crippen molar-refractivity contribution in [2.75, 3.05) is 19.6 Å². The molecule has 2 aliphatic rings. The molecule has 4 nitrogen and oxygen atoms in total. The Bertz CT molecular complexity index is 271. The van der Waals surface area contributed by atoms with Gasteiger partial charge in [-0.2, -0.15) is 0 Å². The van der Waals surface area contributed by atoms with Gasteiger partial charge < -0.3 is 15.5 Å². The molecule has 0 aromatic rings. The maximum Gasteiger partial charge on any atom is 0.317 e. The van der Waals surface area contributed by atoms with E-state index in [9.17, 15) is 4.79 Å². The molecule has 1 saturated carbocycles. The maximum absolute atomic E-state index is 12.4. The summed E-state index contributed by atoms with van der Waals surface area (Å²) in [6.07, 6.45) is 9.67. The van der Waals surface area contributed by atoms with E-state index in [4.69, 9.17) is 0 Å². The number of hydrogen-bond acceptors (Lipinski definition) is 2. The summed E-state index contributed by atoms with van der Waals surface area (Å²) in [6, 6.07) is 1.07. The van der Waals surface area contributed by atoms with Gasteiger partial charge in [0.2, 0.25) is 0 Å². The quantitative estimate of drug-likeness (QED) is 0.804. The van der Waals surface area contributed by atoms with E-state index in [1.165, 1.54) is 32.1 Å². The van der Waals surface area contributed by atoms with Crippen LogP contribution in [-0.2, 0) is 0 Å². The molecule has 0 spiro atoms. The van der Waals surface area contributed by atoms with Gasteiger partial charge in [0, 0.05) is 25.2 Å². The Morgan fingerprint density at radius 3 is 2.63 bits per heavy atom. The average Bonchev–Trinajstić information content (AvgIpc) is 2.92. The number of urea groups is 1. The zero-order valence-corrected chi connectivity index (χ0v) is 12.3. The molecule has 2 N–H and O–H groups in total. The highest BCUT2D eigenvalue weighted by molar-refractivity contribution is 5.74. The fraction of sp³-hybridized carbons (Fsp3) is 0.933. The van der Waals surface area contributed by atoms with Gasteiger partial charge in [0.1, 0.15) is 0 Å². The Morgan fingerprint density at radius 1 is 1.21 bits per heavy atom. The van der Waals surface area contributed by atoms with E-state index in [0.717, 1.165) is 38.9 Å². The summed E-state index contributed by atoms with van der Waals surface area (Å²) in [5.74, 6) is 0. The third-order valence-electron chi connectivity index (χ3n) is 4.32. The Kier molecular flexibility index (Phi) is 5.95. The van der Waals surface area contributed by atoms with E-state index in [1.807, 2.05) is 4.90 Å². The van der Waals surface area contributed by atoms with Crippen LogP contribution >= 0.6 is 0 Å². The Labute approximate surface area is 117 Å². The van der Waals surface area contributed by atoms with Crippen molar-refractivity contribution < 1.29 is 4.79 Å². The second kappa shape index (κ2) is 7.73. The lowest BCUT2D eigenvalue weighted by Gasteiger charge is -2.29. The minimum absolute atomic E-state index is 0.155. The van der Waals surface area contributed by atoms with Crippen molar-refractivity contribution in [3.8, 4) is 0 Å². The average molecular weight is 267 g/mol. The molecular formula is C15H29N3O. The molecule has 19 heavy (non-hydrogen) atoms. The first-order valence-corrected chi connectivity index (χ1v) is 8.08. The summed E-state index contributed by atoms with van der Waals surface area (Å²) in [5, 5.41) is 6.72. The largest absolute Gasteiger partial charge is 0.335 e. The highest BCUT2D eigenvalue weighted by atomic mass is 16.2. The standard InChI is InChI=1S/C15H29N3O/c1-2-11-18(12-14-9-6-10-16-14)15(19)17-13-7-4-3-5-8-13/h13-14,16H,2-12H2,1H3,(H,17,19). The summed E-state index contributed by atoms with van der Waals surface area (Å²) < 4.78 is 0. The highest BCUT2D eigenvalue weighted by Crippen LogP contribution is 2.17. The fourth-order valence-corrected chi connectivity index (χ4v) is 3.24. The minimum atomic E-state index is 0.155. The lowest BCUT2D eigenvalue weighted by Crippen LogP contribution is -2.49. The predicted octanol–water partition coefficient (Wildman–Crippen LogP) is 2.49. The van der Waals surface area contributed by atoms with E-state index >= 15 is 0 Å². The molecule has 0 aromatic heterocycles. The van der Waals surface area contributed by atoms with Crippen LogP contribution in [0.1, 0.15) is 58.3 Å². The molecule has 1 heterocycles. The summed E-state index contributed by atoms with van der Waals surface area (Å²) in [4.78, 5) is 14.4. The molecule has 1 atom stereocenters.